The molecule has 0 radical (unpaired) electrons. The summed E-state index contributed by atoms with van der Waals surface area (Å²) >= 11 is 0. The van der Waals surface area contributed by atoms with Crippen molar-refractivity contribution < 1.29 is 9.59 Å². The molecule has 0 aliphatic heterocycles. The van der Waals surface area contributed by atoms with E-state index in [4.69, 9.17) is 0 Å². The van der Waals surface area contributed by atoms with Gasteiger partial charge in [0.15, 0.2) is 17.3 Å². The van der Waals surface area contributed by atoms with Crippen LogP contribution in [0.3, 0.4) is 0 Å². The molecule has 0 saturated heterocycles. The van der Waals surface area contributed by atoms with Gasteiger partial charge in [0.25, 0.3) is 5.91 Å². The van der Waals surface area contributed by atoms with Gasteiger partial charge >= 0.3 is 0 Å². The minimum Gasteiger partial charge on any atom is -0.321 e. The molecule has 0 atom stereocenters. The number of hydrogen-bond donors (Lipinski definition) is 1. The first-order valence-electron chi connectivity index (χ1n) is 7.31. The maximum atomic E-state index is 12.2. The molecular formula is C17H15N5O2. The number of anilines is 1. The third kappa shape index (κ3) is 3.19. The lowest BCUT2D eigenvalue weighted by Gasteiger charge is -2.06. The topological polar surface area (TPSA) is 89.8 Å². The number of benzene rings is 1. The number of rotatable bonds is 4. The number of imidazole rings is 1. The summed E-state index contributed by atoms with van der Waals surface area (Å²) in [5.41, 5.74) is 1.38. The molecule has 0 spiro atoms. The normalized spacial score (nSPS) is 10.4. The molecule has 120 valence electrons. The van der Waals surface area contributed by atoms with Crippen LogP contribution in [0.4, 0.5) is 5.69 Å². The molecule has 0 aliphatic rings. The molecule has 7 nitrogen and oxygen atoms in total. The maximum absolute atomic E-state index is 12.2. The Morgan fingerprint density at radius 3 is 2.33 bits per heavy atom. The molecule has 2 heterocycles. The lowest BCUT2D eigenvalue weighted by Crippen LogP contribution is -2.15. The number of nitrogens with one attached hydrogen (secondary N) is 1. The van der Waals surface area contributed by atoms with Crippen molar-refractivity contribution in [3.05, 3.63) is 65.9 Å². The summed E-state index contributed by atoms with van der Waals surface area (Å²) in [6.45, 7) is 3.35. The van der Waals surface area contributed by atoms with Gasteiger partial charge in [0.2, 0.25) is 0 Å². The van der Waals surface area contributed by atoms with Crippen molar-refractivity contribution in [3.8, 4) is 5.82 Å². The first-order valence-corrected chi connectivity index (χ1v) is 7.31. The molecule has 0 bridgehead atoms. The standard InChI is InChI=1S/C17H15N5O2/c1-11(23)13-3-5-14(6-4-13)19-17(24)15-7-8-16(21-20-15)22-10-9-18-12(22)2/h3-10H,1-2H3,(H,19,24). The van der Waals surface area contributed by atoms with Crippen molar-refractivity contribution in [3.63, 3.8) is 0 Å². The van der Waals surface area contributed by atoms with E-state index in [9.17, 15) is 9.59 Å². The van der Waals surface area contributed by atoms with Crippen LogP contribution < -0.4 is 5.32 Å². The van der Waals surface area contributed by atoms with Crippen LogP contribution in [-0.2, 0) is 0 Å². The largest absolute Gasteiger partial charge is 0.321 e. The summed E-state index contributed by atoms with van der Waals surface area (Å²) in [5.74, 6) is 0.982. The van der Waals surface area contributed by atoms with Crippen LogP contribution in [0.1, 0.15) is 33.6 Å². The Kier molecular flexibility index (Phi) is 4.15. The van der Waals surface area contributed by atoms with Gasteiger partial charge in [-0.2, -0.15) is 0 Å². The van der Waals surface area contributed by atoms with Crippen molar-refractivity contribution in [2.75, 3.05) is 5.32 Å². The number of aryl methyl sites for hydroxylation is 1. The predicted molar refractivity (Wildman–Crippen MR) is 88.3 cm³/mol. The van der Waals surface area contributed by atoms with E-state index in [2.05, 4.69) is 20.5 Å². The van der Waals surface area contributed by atoms with Gasteiger partial charge < -0.3 is 5.32 Å². The number of Topliss-reactive ketones (excluding diaryl/α,β-unsaturated/α-hetero) is 1. The van der Waals surface area contributed by atoms with Crippen molar-refractivity contribution in [2.45, 2.75) is 13.8 Å². The highest BCUT2D eigenvalue weighted by Crippen LogP contribution is 2.12. The van der Waals surface area contributed by atoms with Gasteiger partial charge in [0, 0.05) is 23.6 Å². The summed E-state index contributed by atoms with van der Waals surface area (Å²) in [5, 5.41) is 10.7. The van der Waals surface area contributed by atoms with E-state index < -0.39 is 0 Å². The van der Waals surface area contributed by atoms with Gasteiger partial charge in [-0.3, -0.25) is 14.2 Å². The Morgan fingerprint density at radius 2 is 1.79 bits per heavy atom. The molecule has 0 saturated carbocycles. The van der Waals surface area contributed by atoms with Gasteiger partial charge in [-0.1, -0.05) is 0 Å². The first-order chi connectivity index (χ1) is 11.5. The lowest BCUT2D eigenvalue weighted by atomic mass is 10.1. The molecule has 0 aliphatic carbocycles. The Hall–Kier alpha value is -3.35. The number of ketones is 1. The number of carbonyl (C=O) groups is 2. The average Bonchev–Trinajstić information content (AvgIpc) is 3.01. The molecule has 7 heteroatoms. The highest BCUT2D eigenvalue weighted by Gasteiger charge is 2.10. The predicted octanol–water partition coefficient (Wildman–Crippen LogP) is 2.43. The number of aromatic nitrogens is 4. The zero-order valence-corrected chi connectivity index (χ0v) is 13.2. The number of nitrogens with zero attached hydrogens (tertiary/aromatic N) is 4. The Bertz CT molecular complexity index is 882. The van der Waals surface area contributed by atoms with E-state index in [0.717, 1.165) is 5.82 Å². The molecule has 1 N–H and O–H groups in total. The number of hydrogen-bond acceptors (Lipinski definition) is 5. The van der Waals surface area contributed by atoms with Gasteiger partial charge in [-0.25, -0.2) is 4.98 Å². The first kappa shape index (κ1) is 15.5. The summed E-state index contributed by atoms with van der Waals surface area (Å²) in [6.07, 6.45) is 3.44. The van der Waals surface area contributed by atoms with Crippen molar-refractivity contribution in [2.24, 2.45) is 0 Å². The summed E-state index contributed by atoms with van der Waals surface area (Å²) in [4.78, 5) is 27.6. The van der Waals surface area contributed by atoms with Gasteiger partial charge in [0.1, 0.15) is 5.82 Å². The van der Waals surface area contributed by atoms with Gasteiger partial charge in [0.05, 0.1) is 0 Å². The van der Waals surface area contributed by atoms with Crippen molar-refractivity contribution in [1.29, 1.82) is 0 Å². The van der Waals surface area contributed by atoms with Crippen LogP contribution >= 0.6 is 0 Å². The van der Waals surface area contributed by atoms with E-state index in [1.165, 1.54) is 6.92 Å². The summed E-state index contributed by atoms with van der Waals surface area (Å²) in [7, 11) is 0. The van der Waals surface area contributed by atoms with Crippen LogP contribution in [-0.4, -0.2) is 31.4 Å². The van der Waals surface area contributed by atoms with E-state index in [1.807, 2.05) is 6.92 Å². The fraction of sp³-hybridized carbons (Fsp3) is 0.118. The minimum atomic E-state index is -0.369. The highest BCUT2D eigenvalue weighted by atomic mass is 16.2. The third-order valence-corrected chi connectivity index (χ3v) is 3.50. The molecule has 0 unspecified atom stereocenters. The Morgan fingerprint density at radius 1 is 1.04 bits per heavy atom. The zero-order chi connectivity index (χ0) is 17.1. The Labute approximate surface area is 138 Å². The molecule has 3 aromatic rings. The van der Waals surface area contributed by atoms with Crippen molar-refractivity contribution >= 4 is 17.4 Å². The molecule has 24 heavy (non-hydrogen) atoms. The lowest BCUT2D eigenvalue weighted by molar-refractivity contribution is 0.101. The van der Waals surface area contributed by atoms with Crippen LogP contribution in [0, 0.1) is 6.92 Å². The second kappa shape index (κ2) is 6.41. The Balaban J connectivity index is 1.73. The zero-order valence-electron chi connectivity index (χ0n) is 13.2. The van der Waals surface area contributed by atoms with Gasteiger partial charge in [-0.05, 0) is 50.2 Å². The molecule has 3 rings (SSSR count). The van der Waals surface area contributed by atoms with E-state index >= 15 is 0 Å². The molecule has 0 fully saturated rings. The van der Waals surface area contributed by atoms with E-state index in [0.29, 0.717) is 17.1 Å². The highest BCUT2D eigenvalue weighted by molar-refractivity contribution is 6.03. The SMILES string of the molecule is CC(=O)c1ccc(NC(=O)c2ccc(-n3ccnc3C)nn2)cc1. The molecule has 1 aromatic carbocycles. The number of carbonyl (C=O) groups excluding carboxylic acids is 2. The summed E-state index contributed by atoms with van der Waals surface area (Å²) < 4.78 is 1.77. The number of amides is 1. The van der Waals surface area contributed by atoms with E-state index in [-0.39, 0.29) is 17.4 Å². The average molecular weight is 321 g/mol. The van der Waals surface area contributed by atoms with E-state index in [1.54, 1.807) is 53.4 Å². The van der Waals surface area contributed by atoms with Crippen LogP contribution in [0.5, 0.6) is 0 Å². The quantitative estimate of drug-likeness (QED) is 0.745. The molecular weight excluding hydrogens is 306 g/mol. The molecule has 2 aromatic heterocycles. The summed E-state index contributed by atoms with van der Waals surface area (Å²) in [6, 6.07) is 9.97. The second-order valence-electron chi connectivity index (χ2n) is 5.21. The van der Waals surface area contributed by atoms with Crippen LogP contribution in [0.25, 0.3) is 5.82 Å². The minimum absolute atomic E-state index is 0.0240. The smallest absolute Gasteiger partial charge is 0.276 e. The third-order valence-electron chi connectivity index (χ3n) is 3.50. The monoisotopic (exact) mass is 321 g/mol. The van der Waals surface area contributed by atoms with Gasteiger partial charge in [-0.15, -0.1) is 10.2 Å². The van der Waals surface area contributed by atoms with Crippen LogP contribution in [0.15, 0.2) is 48.8 Å². The van der Waals surface area contributed by atoms with Crippen LogP contribution in [0.2, 0.25) is 0 Å². The fourth-order valence-electron chi connectivity index (χ4n) is 2.18. The fourth-order valence-corrected chi connectivity index (χ4v) is 2.18. The maximum Gasteiger partial charge on any atom is 0.276 e. The van der Waals surface area contributed by atoms with Crippen molar-refractivity contribution in [1.82, 2.24) is 19.7 Å². The second-order valence-corrected chi connectivity index (χ2v) is 5.21. The molecule has 1 amide bonds.